The Kier molecular flexibility index (Phi) is 3.69. The second-order valence-electron chi connectivity index (χ2n) is 5.96. The van der Waals surface area contributed by atoms with E-state index in [1.165, 1.54) is 6.42 Å². The zero-order chi connectivity index (χ0) is 11.5. The van der Waals surface area contributed by atoms with Gasteiger partial charge in [0.1, 0.15) is 0 Å². The van der Waals surface area contributed by atoms with Crippen LogP contribution in [0, 0.1) is 10.8 Å². The van der Waals surface area contributed by atoms with Gasteiger partial charge in [0.05, 0.1) is 6.04 Å². The van der Waals surface area contributed by atoms with Gasteiger partial charge in [0.15, 0.2) is 0 Å². The molecule has 0 aromatic carbocycles. The van der Waals surface area contributed by atoms with E-state index >= 15 is 0 Å². The van der Waals surface area contributed by atoms with Crippen LogP contribution in [0.4, 0.5) is 0 Å². The number of rotatable bonds is 3. The number of aliphatic imine (C=N–C) groups is 1. The van der Waals surface area contributed by atoms with E-state index in [4.69, 9.17) is 0 Å². The Bertz CT molecular complexity index is 269. The highest BCUT2D eigenvalue weighted by Gasteiger charge is 2.40. The highest BCUT2D eigenvalue weighted by atomic mass is 16.1. The number of nitrogens with zero attached hydrogens (tertiary/aromatic N) is 1. The third kappa shape index (κ3) is 3.44. The Morgan fingerprint density at radius 3 is 2.60 bits per heavy atom. The Balaban J connectivity index is 2.79. The maximum absolute atomic E-state index is 10.3. The van der Waals surface area contributed by atoms with Crippen LogP contribution in [0.2, 0.25) is 0 Å². The van der Waals surface area contributed by atoms with E-state index in [-0.39, 0.29) is 16.9 Å². The van der Waals surface area contributed by atoms with Gasteiger partial charge in [0.25, 0.3) is 0 Å². The molecule has 1 saturated carbocycles. The predicted molar refractivity (Wildman–Crippen MR) is 61.6 cm³/mol. The van der Waals surface area contributed by atoms with Gasteiger partial charge in [-0.3, -0.25) is 0 Å². The van der Waals surface area contributed by atoms with Crippen molar-refractivity contribution in [3.05, 3.63) is 0 Å². The van der Waals surface area contributed by atoms with E-state index in [2.05, 4.69) is 31.1 Å². The van der Waals surface area contributed by atoms with Crippen LogP contribution in [-0.2, 0) is 4.79 Å². The molecule has 86 valence electrons. The quantitative estimate of drug-likeness (QED) is 0.572. The van der Waals surface area contributed by atoms with Crippen molar-refractivity contribution in [2.24, 2.45) is 15.8 Å². The van der Waals surface area contributed by atoms with Crippen molar-refractivity contribution in [3.8, 4) is 0 Å². The summed E-state index contributed by atoms with van der Waals surface area (Å²) in [5.41, 5.74) is 0.524. The predicted octanol–water partition coefficient (Wildman–Crippen LogP) is 2.13. The number of isocyanates is 1. The lowest BCUT2D eigenvalue weighted by Crippen LogP contribution is -2.42. The van der Waals surface area contributed by atoms with Gasteiger partial charge in [-0.05, 0) is 37.1 Å². The Hall–Kier alpha value is -0.660. The summed E-state index contributed by atoms with van der Waals surface area (Å²) in [6.07, 6.45) is 4.89. The molecule has 15 heavy (non-hydrogen) atoms. The molecule has 3 nitrogen and oxygen atoms in total. The molecule has 2 atom stereocenters. The van der Waals surface area contributed by atoms with Crippen molar-refractivity contribution in [1.29, 1.82) is 0 Å². The number of carbonyl (C=O) groups excluding carboxylic acids is 1. The van der Waals surface area contributed by atoms with Crippen molar-refractivity contribution in [2.75, 3.05) is 13.6 Å². The van der Waals surface area contributed by atoms with Gasteiger partial charge in [-0.25, -0.2) is 9.79 Å². The monoisotopic (exact) mass is 210 g/mol. The standard InChI is InChI=1S/C12H22N2O/c1-11(2)5-10(14-9-15)6-12(3,7-11)8-13-4/h10,13H,5-8H2,1-4H3. The molecule has 1 aliphatic carbocycles. The van der Waals surface area contributed by atoms with Crippen LogP contribution in [-0.4, -0.2) is 25.7 Å². The molecule has 0 radical (unpaired) electrons. The fourth-order valence-corrected chi connectivity index (χ4v) is 3.31. The maximum Gasteiger partial charge on any atom is 0.235 e. The molecule has 3 heteroatoms. The first kappa shape index (κ1) is 12.4. The molecular formula is C12H22N2O. The van der Waals surface area contributed by atoms with E-state index in [1.807, 2.05) is 7.05 Å². The molecule has 1 aliphatic rings. The van der Waals surface area contributed by atoms with Crippen LogP contribution in [0.5, 0.6) is 0 Å². The second kappa shape index (κ2) is 4.46. The summed E-state index contributed by atoms with van der Waals surface area (Å²) in [5.74, 6) is 0. The number of hydrogen-bond donors (Lipinski definition) is 1. The first-order chi connectivity index (χ1) is 6.91. The first-order valence-corrected chi connectivity index (χ1v) is 5.62. The molecule has 2 unspecified atom stereocenters. The molecule has 1 N–H and O–H groups in total. The largest absolute Gasteiger partial charge is 0.319 e. The fraction of sp³-hybridized carbons (Fsp3) is 0.917. The minimum absolute atomic E-state index is 0.157. The molecule has 0 aliphatic heterocycles. The van der Waals surface area contributed by atoms with Gasteiger partial charge in [-0.15, -0.1) is 0 Å². The van der Waals surface area contributed by atoms with Crippen molar-refractivity contribution in [3.63, 3.8) is 0 Å². The average molecular weight is 210 g/mol. The van der Waals surface area contributed by atoms with Gasteiger partial charge < -0.3 is 5.32 Å². The molecule has 0 aromatic heterocycles. The number of hydrogen-bond acceptors (Lipinski definition) is 3. The van der Waals surface area contributed by atoms with Crippen molar-refractivity contribution >= 4 is 6.08 Å². The minimum atomic E-state index is 0.157. The van der Waals surface area contributed by atoms with Gasteiger partial charge in [-0.2, -0.15) is 0 Å². The van der Waals surface area contributed by atoms with Crippen LogP contribution in [0.1, 0.15) is 40.0 Å². The Morgan fingerprint density at radius 2 is 2.07 bits per heavy atom. The van der Waals surface area contributed by atoms with Crippen LogP contribution in [0.25, 0.3) is 0 Å². The maximum atomic E-state index is 10.3. The van der Waals surface area contributed by atoms with Crippen molar-refractivity contribution < 1.29 is 4.79 Å². The van der Waals surface area contributed by atoms with E-state index in [9.17, 15) is 4.79 Å². The molecule has 0 aromatic rings. The van der Waals surface area contributed by atoms with Crippen molar-refractivity contribution in [2.45, 2.75) is 46.1 Å². The highest BCUT2D eigenvalue weighted by molar-refractivity contribution is 5.33. The van der Waals surface area contributed by atoms with E-state index in [0.29, 0.717) is 0 Å². The summed E-state index contributed by atoms with van der Waals surface area (Å²) < 4.78 is 0. The zero-order valence-corrected chi connectivity index (χ0v) is 10.3. The first-order valence-electron chi connectivity index (χ1n) is 5.62. The fourth-order valence-electron chi connectivity index (χ4n) is 3.31. The third-order valence-electron chi connectivity index (χ3n) is 3.26. The molecule has 0 saturated heterocycles. The van der Waals surface area contributed by atoms with Crippen molar-refractivity contribution in [1.82, 2.24) is 5.32 Å². The van der Waals surface area contributed by atoms with Gasteiger partial charge in [-0.1, -0.05) is 20.8 Å². The van der Waals surface area contributed by atoms with E-state index < -0.39 is 0 Å². The lowest BCUT2D eigenvalue weighted by Gasteiger charge is -2.45. The minimum Gasteiger partial charge on any atom is -0.319 e. The van der Waals surface area contributed by atoms with Crippen LogP contribution in [0.3, 0.4) is 0 Å². The van der Waals surface area contributed by atoms with E-state index in [1.54, 1.807) is 6.08 Å². The van der Waals surface area contributed by atoms with Gasteiger partial charge >= 0.3 is 0 Å². The number of nitrogens with one attached hydrogen (secondary N) is 1. The topological polar surface area (TPSA) is 41.5 Å². The normalized spacial score (nSPS) is 34.5. The van der Waals surface area contributed by atoms with Gasteiger partial charge in [0.2, 0.25) is 6.08 Å². The van der Waals surface area contributed by atoms with E-state index in [0.717, 1.165) is 19.4 Å². The summed E-state index contributed by atoms with van der Waals surface area (Å²) in [5, 5.41) is 3.24. The average Bonchev–Trinajstić information content (AvgIpc) is 1.99. The molecule has 1 fully saturated rings. The summed E-state index contributed by atoms with van der Waals surface area (Å²) in [7, 11) is 1.98. The molecular weight excluding hydrogens is 188 g/mol. The zero-order valence-electron chi connectivity index (χ0n) is 10.3. The molecule has 1 rings (SSSR count). The third-order valence-corrected chi connectivity index (χ3v) is 3.26. The molecule has 0 spiro atoms. The Labute approximate surface area is 92.4 Å². The summed E-state index contributed by atoms with van der Waals surface area (Å²) >= 11 is 0. The summed E-state index contributed by atoms with van der Waals surface area (Å²) in [6.45, 7) is 7.78. The summed E-state index contributed by atoms with van der Waals surface area (Å²) in [4.78, 5) is 14.3. The van der Waals surface area contributed by atoms with Crippen LogP contribution >= 0.6 is 0 Å². The lowest BCUT2D eigenvalue weighted by atomic mass is 9.63. The summed E-state index contributed by atoms with van der Waals surface area (Å²) in [6, 6.07) is 0.157. The van der Waals surface area contributed by atoms with Gasteiger partial charge in [0, 0.05) is 6.54 Å². The second-order valence-corrected chi connectivity index (χ2v) is 5.96. The lowest BCUT2D eigenvalue weighted by molar-refractivity contribution is 0.0852. The van der Waals surface area contributed by atoms with Crippen LogP contribution in [0.15, 0.2) is 4.99 Å². The smallest absolute Gasteiger partial charge is 0.235 e. The molecule has 0 heterocycles. The molecule has 0 amide bonds. The van der Waals surface area contributed by atoms with Crippen LogP contribution < -0.4 is 5.32 Å². The highest BCUT2D eigenvalue weighted by Crippen LogP contribution is 2.46. The molecule has 0 bridgehead atoms. The Morgan fingerprint density at radius 1 is 1.40 bits per heavy atom. The SMILES string of the molecule is CNCC1(C)CC(N=C=O)CC(C)(C)C1.